The highest BCUT2D eigenvalue weighted by molar-refractivity contribution is 5.79. The maximum absolute atomic E-state index is 11.9. The largest absolute Gasteiger partial charge is 0.371 e. The third kappa shape index (κ3) is 2.57. The van der Waals surface area contributed by atoms with Gasteiger partial charge in [0.15, 0.2) is 0 Å². The van der Waals surface area contributed by atoms with E-state index >= 15 is 0 Å². The monoisotopic (exact) mass is 222 g/mol. The summed E-state index contributed by atoms with van der Waals surface area (Å²) in [6.07, 6.45) is 5.92. The standard InChI is InChI=1S/C13H22N2O/c1-10(2)15-8-12(9-15)14-13(16)11-6-4-3-5-7-11/h11-12H,1,3-9H2,2H3,(H,14,16). The van der Waals surface area contributed by atoms with Gasteiger partial charge in [-0.1, -0.05) is 25.8 Å². The molecule has 0 aromatic rings. The van der Waals surface area contributed by atoms with E-state index < -0.39 is 0 Å². The van der Waals surface area contributed by atoms with Gasteiger partial charge in [0.2, 0.25) is 5.91 Å². The summed E-state index contributed by atoms with van der Waals surface area (Å²) in [6, 6.07) is 0.353. The van der Waals surface area contributed by atoms with Crippen molar-refractivity contribution in [2.75, 3.05) is 13.1 Å². The smallest absolute Gasteiger partial charge is 0.223 e. The van der Waals surface area contributed by atoms with Crippen molar-refractivity contribution in [3.05, 3.63) is 12.3 Å². The minimum absolute atomic E-state index is 0.283. The second-order valence-electron chi connectivity index (χ2n) is 5.18. The van der Waals surface area contributed by atoms with Crippen LogP contribution in [0.3, 0.4) is 0 Å². The Morgan fingerprint density at radius 3 is 2.44 bits per heavy atom. The van der Waals surface area contributed by atoms with E-state index in [0.29, 0.717) is 6.04 Å². The molecule has 2 aliphatic rings. The van der Waals surface area contributed by atoms with Gasteiger partial charge in [-0.05, 0) is 19.8 Å². The molecule has 1 aliphatic heterocycles. The average Bonchev–Trinajstić information content (AvgIpc) is 2.23. The Morgan fingerprint density at radius 1 is 1.25 bits per heavy atom. The first-order valence-corrected chi connectivity index (χ1v) is 6.37. The molecule has 0 spiro atoms. The summed E-state index contributed by atoms with van der Waals surface area (Å²) >= 11 is 0. The number of hydrogen-bond donors (Lipinski definition) is 1. The van der Waals surface area contributed by atoms with Crippen LogP contribution in [0, 0.1) is 5.92 Å². The summed E-state index contributed by atoms with van der Waals surface area (Å²) in [5.41, 5.74) is 1.10. The van der Waals surface area contributed by atoms with Gasteiger partial charge < -0.3 is 10.2 Å². The average molecular weight is 222 g/mol. The molecular weight excluding hydrogens is 200 g/mol. The molecule has 1 saturated heterocycles. The van der Waals surface area contributed by atoms with Gasteiger partial charge in [-0.15, -0.1) is 0 Å². The zero-order chi connectivity index (χ0) is 11.5. The Balaban J connectivity index is 1.70. The number of carbonyl (C=O) groups is 1. The fourth-order valence-electron chi connectivity index (χ4n) is 2.57. The SMILES string of the molecule is C=C(C)N1CC(NC(=O)C2CCCCC2)C1. The first-order valence-electron chi connectivity index (χ1n) is 6.37. The fourth-order valence-corrected chi connectivity index (χ4v) is 2.57. The van der Waals surface area contributed by atoms with Crippen LogP contribution in [0.25, 0.3) is 0 Å². The van der Waals surface area contributed by atoms with Crippen molar-refractivity contribution in [1.29, 1.82) is 0 Å². The lowest BCUT2D eigenvalue weighted by Gasteiger charge is -2.42. The number of rotatable bonds is 3. The molecular formula is C13H22N2O. The molecule has 1 heterocycles. The number of nitrogens with zero attached hydrogens (tertiary/aromatic N) is 1. The van der Waals surface area contributed by atoms with Gasteiger partial charge in [-0.2, -0.15) is 0 Å². The van der Waals surface area contributed by atoms with Crippen molar-refractivity contribution in [2.45, 2.75) is 45.1 Å². The third-order valence-corrected chi connectivity index (χ3v) is 3.74. The van der Waals surface area contributed by atoms with Gasteiger partial charge in [0, 0.05) is 24.7 Å². The number of allylic oxidation sites excluding steroid dienone is 1. The molecule has 1 saturated carbocycles. The number of carbonyl (C=O) groups excluding carboxylic acids is 1. The summed E-state index contributed by atoms with van der Waals surface area (Å²) < 4.78 is 0. The van der Waals surface area contributed by atoms with Crippen molar-refractivity contribution >= 4 is 5.91 Å². The molecule has 16 heavy (non-hydrogen) atoms. The highest BCUT2D eigenvalue weighted by Crippen LogP contribution is 2.24. The van der Waals surface area contributed by atoms with E-state index in [1.165, 1.54) is 19.3 Å². The zero-order valence-electron chi connectivity index (χ0n) is 10.2. The highest BCUT2D eigenvalue weighted by atomic mass is 16.2. The molecule has 2 fully saturated rings. The van der Waals surface area contributed by atoms with Gasteiger partial charge in [0.25, 0.3) is 0 Å². The van der Waals surface area contributed by atoms with E-state index in [2.05, 4.69) is 16.8 Å². The highest BCUT2D eigenvalue weighted by Gasteiger charge is 2.30. The van der Waals surface area contributed by atoms with E-state index in [9.17, 15) is 4.79 Å². The Kier molecular flexibility index (Phi) is 3.52. The van der Waals surface area contributed by atoms with Crippen LogP contribution in [-0.2, 0) is 4.79 Å². The molecule has 0 atom stereocenters. The quantitative estimate of drug-likeness (QED) is 0.791. The van der Waals surface area contributed by atoms with Crippen LogP contribution in [-0.4, -0.2) is 29.9 Å². The van der Waals surface area contributed by atoms with Crippen LogP contribution in [0.2, 0.25) is 0 Å². The van der Waals surface area contributed by atoms with Crippen molar-refractivity contribution in [1.82, 2.24) is 10.2 Å². The summed E-state index contributed by atoms with van der Waals surface area (Å²) in [6.45, 7) is 7.78. The lowest BCUT2D eigenvalue weighted by Crippen LogP contribution is -2.59. The van der Waals surface area contributed by atoms with E-state index in [-0.39, 0.29) is 11.8 Å². The third-order valence-electron chi connectivity index (χ3n) is 3.74. The lowest BCUT2D eigenvalue weighted by molar-refractivity contribution is -0.127. The van der Waals surface area contributed by atoms with Crippen LogP contribution in [0.15, 0.2) is 12.3 Å². The summed E-state index contributed by atoms with van der Waals surface area (Å²) in [5.74, 6) is 0.568. The number of hydrogen-bond acceptors (Lipinski definition) is 2. The zero-order valence-corrected chi connectivity index (χ0v) is 10.2. The molecule has 0 aromatic carbocycles. The second kappa shape index (κ2) is 4.89. The molecule has 3 heteroatoms. The summed E-state index contributed by atoms with van der Waals surface area (Å²) in [7, 11) is 0. The fraction of sp³-hybridized carbons (Fsp3) is 0.769. The molecule has 0 unspecified atom stereocenters. The van der Waals surface area contributed by atoms with Crippen LogP contribution in [0.5, 0.6) is 0 Å². The molecule has 0 aromatic heterocycles. The molecule has 90 valence electrons. The van der Waals surface area contributed by atoms with Crippen molar-refractivity contribution in [2.24, 2.45) is 5.92 Å². The molecule has 0 radical (unpaired) electrons. The van der Waals surface area contributed by atoms with E-state index in [1.807, 2.05) is 6.92 Å². The number of nitrogens with one attached hydrogen (secondary N) is 1. The molecule has 0 bridgehead atoms. The van der Waals surface area contributed by atoms with E-state index in [1.54, 1.807) is 0 Å². The Morgan fingerprint density at radius 2 is 1.88 bits per heavy atom. The summed E-state index contributed by atoms with van der Waals surface area (Å²) in [5, 5.41) is 3.15. The van der Waals surface area contributed by atoms with E-state index in [0.717, 1.165) is 31.6 Å². The minimum Gasteiger partial charge on any atom is -0.371 e. The lowest BCUT2D eigenvalue weighted by atomic mass is 9.88. The van der Waals surface area contributed by atoms with E-state index in [4.69, 9.17) is 0 Å². The minimum atomic E-state index is 0.283. The van der Waals surface area contributed by atoms with Crippen molar-refractivity contribution in [3.63, 3.8) is 0 Å². The molecule has 1 N–H and O–H groups in total. The first kappa shape index (κ1) is 11.5. The predicted octanol–water partition coefficient (Wildman–Crippen LogP) is 1.90. The Hall–Kier alpha value is -0.990. The maximum Gasteiger partial charge on any atom is 0.223 e. The second-order valence-corrected chi connectivity index (χ2v) is 5.18. The van der Waals surface area contributed by atoms with Gasteiger partial charge in [0.05, 0.1) is 6.04 Å². The van der Waals surface area contributed by atoms with Crippen LogP contribution in [0.1, 0.15) is 39.0 Å². The van der Waals surface area contributed by atoms with Crippen molar-refractivity contribution in [3.8, 4) is 0 Å². The Labute approximate surface area is 97.9 Å². The van der Waals surface area contributed by atoms with Gasteiger partial charge in [-0.3, -0.25) is 4.79 Å². The van der Waals surface area contributed by atoms with Crippen molar-refractivity contribution < 1.29 is 4.79 Å². The molecule has 1 aliphatic carbocycles. The van der Waals surface area contributed by atoms with Crippen LogP contribution < -0.4 is 5.32 Å². The topological polar surface area (TPSA) is 32.3 Å². The van der Waals surface area contributed by atoms with Crippen LogP contribution >= 0.6 is 0 Å². The predicted molar refractivity (Wildman–Crippen MR) is 64.9 cm³/mol. The van der Waals surface area contributed by atoms with Gasteiger partial charge in [0.1, 0.15) is 0 Å². The molecule has 3 nitrogen and oxygen atoms in total. The van der Waals surface area contributed by atoms with Crippen LogP contribution in [0.4, 0.5) is 0 Å². The molecule has 1 amide bonds. The number of amides is 1. The molecule has 2 rings (SSSR count). The summed E-state index contributed by atoms with van der Waals surface area (Å²) in [4.78, 5) is 14.1. The van der Waals surface area contributed by atoms with Gasteiger partial charge >= 0.3 is 0 Å². The Bertz CT molecular complexity index is 276. The van der Waals surface area contributed by atoms with Gasteiger partial charge in [-0.25, -0.2) is 0 Å². The maximum atomic E-state index is 11.9. The normalized spacial score (nSPS) is 22.7. The number of likely N-dealkylation sites (tertiary alicyclic amines) is 1. The first-order chi connectivity index (χ1) is 7.66.